The third kappa shape index (κ3) is 4.39. The van der Waals surface area contributed by atoms with E-state index in [4.69, 9.17) is 0 Å². The lowest BCUT2D eigenvalue weighted by Crippen LogP contribution is -2.19. The molecule has 2 rings (SSSR count). The van der Waals surface area contributed by atoms with Crippen LogP contribution in [0.4, 0.5) is 0 Å². The van der Waals surface area contributed by atoms with Gasteiger partial charge >= 0.3 is 0 Å². The Balaban J connectivity index is 2.59. The van der Waals surface area contributed by atoms with Crippen LogP contribution in [0.5, 0.6) is 5.75 Å². The lowest BCUT2D eigenvalue weighted by Gasteiger charge is -2.28. The van der Waals surface area contributed by atoms with Crippen LogP contribution in [0.3, 0.4) is 0 Å². The number of hydrogen-bond donors (Lipinski definition) is 1. The largest absolute Gasteiger partial charge is 0.507 e. The fraction of sp³-hybridized carbons (Fsp3) is 0.538. The van der Waals surface area contributed by atoms with Crippen molar-refractivity contribution >= 4 is 0 Å². The number of aryl methyl sites for hydroxylation is 2. The van der Waals surface area contributed by atoms with Crippen molar-refractivity contribution in [2.45, 2.75) is 92.4 Å². The van der Waals surface area contributed by atoms with E-state index in [1.54, 1.807) is 0 Å². The fourth-order valence-electron chi connectivity index (χ4n) is 3.91. The molecule has 148 valence electrons. The van der Waals surface area contributed by atoms with Gasteiger partial charge in [0.2, 0.25) is 0 Å². The van der Waals surface area contributed by atoms with E-state index in [0.29, 0.717) is 5.75 Å². The summed E-state index contributed by atoms with van der Waals surface area (Å²) in [6.07, 6.45) is 2.89. The van der Waals surface area contributed by atoms with Gasteiger partial charge in [0.1, 0.15) is 5.75 Å². The number of phenolic OH excluding ortho intramolecular Hbond substituents is 1. The average Bonchev–Trinajstić information content (AvgIpc) is 2.60. The molecular weight excluding hydrogens is 328 g/mol. The van der Waals surface area contributed by atoms with Crippen LogP contribution in [0.15, 0.2) is 24.3 Å². The topological polar surface area (TPSA) is 20.2 Å². The molecule has 0 atom stereocenters. The molecule has 27 heavy (non-hydrogen) atoms. The molecule has 2 aromatic rings. The van der Waals surface area contributed by atoms with Crippen LogP contribution >= 0.6 is 0 Å². The lowest BCUT2D eigenvalue weighted by molar-refractivity contribution is 0.424. The van der Waals surface area contributed by atoms with Gasteiger partial charge in [0, 0.05) is 12.0 Å². The molecule has 1 N–H and O–H groups in total. The summed E-state index contributed by atoms with van der Waals surface area (Å²) in [7, 11) is 0. The molecule has 0 aliphatic carbocycles. The molecule has 0 spiro atoms. The van der Waals surface area contributed by atoms with Gasteiger partial charge in [-0.25, -0.2) is 0 Å². The molecule has 0 fully saturated rings. The van der Waals surface area contributed by atoms with Crippen LogP contribution in [0, 0.1) is 20.8 Å². The van der Waals surface area contributed by atoms with Crippen molar-refractivity contribution in [3.05, 3.63) is 63.2 Å². The predicted molar refractivity (Wildman–Crippen MR) is 118 cm³/mol. The second-order valence-electron chi connectivity index (χ2n) is 9.57. The molecule has 0 aliphatic rings. The van der Waals surface area contributed by atoms with Crippen molar-refractivity contribution in [1.29, 1.82) is 0 Å². The Morgan fingerprint density at radius 2 is 1.15 bits per heavy atom. The minimum atomic E-state index is -0.0259. The first-order valence-corrected chi connectivity index (χ1v) is 10.4. The molecule has 0 heterocycles. The summed E-state index contributed by atoms with van der Waals surface area (Å²) in [6, 6.07) is 8.93. The van der Waals surface area contributed by atoms with Crippen molar-refractivity contribution < 1.29 is 5.11 Å². The monoisotopic (exact) mass is 366 g/mol. The zero-order chi connectivity index (χ0) is 20.6. The van der Waals surface area contributed by atoms with Gasteiger partial charge in [-0.1, -0.05) is 76.9 Å². The standard InChI is InChI=1S/C26H38O/c1-10-25(6,7)22-14-17(3)12-20(19(22)5)16-21-13-18(4)15-23(24(21)27)26(8,9)11-2/h12-15,27H,10-11,16H2,1-9H3. The molecule has 0 aromatic heterocycles. The highest BCUT2D eigenvalue weighted by molar-refractivity contribution is 5.51. The van der Waals surface area contributed by atoms with E-state index in [9.17, 15) is 5.11 Å². The Hall–Kier alpha value is -1.76. The van der Waals surface area contributed by atoms with Crippen molar-refractivity contribution in [1.82, 2.24) is 0 Å². The summed E-state index contributed by atoms with van der Waals surface area (Å²) in [5, 5.41) is 11.1. The Morgan fingerprint density at radius 1 is 0.704 bits per heavy atom. The molecule has 0 saturated carbocycles. The molecule has 0 amide bonds. The Bertz CT molecular complexity index is 755. The highest BCUT2D eigenvalue weighted by atomic mass is 16.3. The zero-order valence-electron chi connectivity index (χ0n) is 18.9. The molecule has 0 bridgehead atoms. The van der Waals surface area contributed by atoms with Crippen LogP contribution in [0.2, 0.25) is 0 Å². The number of benzene rings is 2. The van der Waals surface area contributed by atoms with E-state index in [2.05, 4.69) is 86.6 Å². The predicted octanol–water partition coefficient (Wildman–Crippen LogP) is 7.28. The number of phenols is 1. The van der Waals surface area contributed by atoms with Gasteiger partial charge in [-0.3, -0.25) is 0 Å². The third-order valence-electron chi connectivity index (χ3n) is 6.60. The highest BCUT2D eigenvalue weighted by Gasteiger charge is 2.25. The first kappa shape index (κ1) is 21.5. The van der Waals surface area contributed by atoms with Gasteiger partial charge < -0.3 is 5.11 Å². The quantitative estimate of drug-likeness (QED) is 0.569. The second kappa shape index (κ2) is 7.70. The summed E-state index contributed by atoms with van der Waals surface area (Å²) >= 11 is 0. The molecule has 0 unspecified atom stereocenters. The molecule has 0 radical (unpaired) electrons. The Labute approximate surface area is 166 Å². The van der Waals surface area contributed by atoms with E-state index in [0.717, 1.165) is 30.4 Å². The SMILES string of the molecule is CCC(C)(C)c1cc(C)cc(Cc2cc(C)cc(C(C)(C)CC)c2O)c1C. The zero-order valence-corrected chi connectivity index (χ0v) is 18.9. The van der Waals surface area contributed by atoms with Crippen LogP contribution in [0.1, 0.15) is 93.3 Å². The maximum absolute atomic E-state index is 11.1. The van der Waals surface area contributed by atoms with Gasteiger partial charge in [0.25, 0.3) is 0 Å². The molecule has 0 saturated heterocycles. The lowest BCUT2D eigenvalue weighted by atomic mass is 9.76. The Morgan fingerprint density at radius 3 is 1.67 bits per heavy atom. The number of rotatable bonds is 6. The van der Waals surface area contributed by atoms with E-state index in [1.807, 2.05) is 0 Å². The van der Waals surface area contributed by atoms with Gasteiger partial charge in [-0.05, 0) is 66.7 Å². The Kier molecular flexibility index (Phi) is 6.14. The van der Waals surface area contributed by atoms with Crippen molar-refractivity contribution in [3.8, 4) is 5.75 Å². The van der Waals surface area contributed by atoms with Crippen molar-refractivity contribution in [3.63, 3.8) is 0 Å². The van der Waals surface area contributed by atoms with Crippen LogP contribution in [0.25, 0.3) is 0 Å². The first-order valence-electron chi connectivity index (χ1n) is 10.4. The molecular formula is C26H38O. The van der Waals surface area contributed by atoms with Gasteiger partial charge in [-0.15, -0.1) is 0 Å². The minimum absolute atomic E-state index is 0.0259. The molecule has 2 aromatic carbocycles. The molecule has 0 aliphatic heterocycles. The molecule has 1 nitrogen and oxygen atoms in total. The van der Waals surface area contributed by atoms with Crippen LogP contribution in [-0.2, 0) is 17.3 Å². The normalized spacial score (nSPS) is 12.5. The fourth-order valence-corrected chi connectivity index (χ4v) is 3.91. The van der Waals surface area contributed by atoms with E-state index < -0.39 is 0 Å². The third-order valence-corrected chi connectivity index (χ3v) is 6.60. The second-order valence-corrected chi connectivity index (χ2v) is 9.57. The highest BCUT2D eigenvalue weighted by Crippen LogP contribution is 2.39. The number of hydrogen-bond acceptors (Lipinski definition) is 1. The summed E-state index contributed by atoms with van der Waals surface area (Å²) in [4.78, 5) is 0. The summed E-state index contributed by atoms with van der Waals surface area (Å²) < 4.78 is 0. The average molecular weight is 367 g/mol. The molecule has 1 heteroatoms. The number of aromatic hydroxyl groups is 1. The van der Waals surface area contributed by atoms with Gasteiger partial charge in [0.15, 0.2) is 0 Å². The van der Waals surface area contributed by atoms with E-state index in [1.165, 1.54) is 27.8 Å². The van der Waals surface area contributed by atoms with E-state index in [-0.39, 0.29) is 10.8 Å². The van der Waals surface area contributed by atoms with E-state index >= 15 is 0 Å². The maximum atomic E-state index is 11.1. The van der Waals surface area contributed by atoms with Crippen LogP contribution in [-0.4, -0.2) is 5.11 Å². The van der Waals surface area contributed by atoms with Gasteiger partial charge in [-0.2, -0.15) is 0 Å². The summed E-state index contributed by atoms with van der Waals surface area (Å²) in [5.74, 6) is 0.477. The van der Waals surface area contributed by atoms with Crippen molar-refractivity contribution in [2.24, 2.45) is 0 Å². The van der Waals surface area contributed by atoms with Gasteiger partial charge in [0.05, 0.1) is 0 Å². The summed E-state index contributed by atoms with van der Waals surface area (Å²) in [6.45, 7) is 20.1. The summed E-state index contributed by atoms with van der Waals surface area (Å²) in [5.41, 5.74) is 8.89. The first-order chi connectivity index (χ1) is 12.4. The van der Waals surface area contributed by atoms with Crippen LogP contribution < -0.4 is 0 Å². The smallest absolute Gasteiger partial charge is 0.122 e. The minimum Gasteiger partial charge on any atom is -0.507 e. The maximum Gasteiger partial charge on any atom is 0.122 e. The van der Waals surface area contributed by atoms with Crippen molar-refractivity contribution in [2.75, 3.05) is 0 Å².